The molecule has 0 aliphatic heterocycles. The number of benzene rings is 1. The van der Waals surface area contributed by atoms with Gasteiger partial charge in [0.25, 0.3) is 0 Å². The van der Waals surface area contributed by atoms with E-state index in [2.05, 4.69) is 0 Å². The SMILES string of the molecule is O=C/C(Cl)=C(/Cl)C(=O)O.O=Cc1ccccc1. The Morgan fingerprint density at radius 2 is 1.65 bits per heavy atom. The summed E-state index contributed by atoms with van der Waals surface area (Å²) in [5.74, 6) is -1.41. The summed E-state index contributed by atoms with van der Waals surface area (Å²) in [6.45, 7) is 0. The number of carboxylic acids is 1. The average molecular weight is 275 g/mol. The summed E-state index contributed by atoms with van der Waals surface area (Å²) in [5, 5.41) is 6.89. The zero-order valence-electron chi connectivity index (χ0n) is 8.47. The summed E-state index contributed by atoms with van der Waals surface area (Å²) in [7, 11) is 0. The van der Waals surface area contributed by atoms with Crippen LogP contribution in [0.25, 0.3) is 0 Å². The third-order valence-electron chi connectivity index (χ3n) is 1.44. The Bertz CT molecular complexity index is 426. The molecule has 0 fully saturated rings. The highest BCUT2D eigenvalue weighted by Gasteiger charge is 2.07. The van der Waals surface area contributed by atoms with Crippen LogP contribution in [0.3, 0.4) is 0 Å². The lowest BCUT2D eigenvalue weighted by molar-refractivity contribution is -0.132. The largest absolute Gasteiger partial charge is 0.477 e. The van der Waals surface area contributed by atoms with Crippen molar-refractivity contribution < 1.29 is 19.5 Å². The Kier molecular flexibility index (Phi) is 7.67. The molecular weight excluding hydrogens is 267 g/mol. The number of carboxylic acid groups (broad SMARTS) is 1. The van der Waals surface area contributed by atoms with Gasteiger partial charge in [-0.25, -0.2) is 4.79 Å². The summed E-state index contributed by atoms with van der Waals surface area (Å²) in [5.41, 5.74) is 0.729. The van der Waals surface area contributed by atoms with Gasteiger partial charge < -0.3 is 5.11 Å². The minimum Gasteiger partial charge on any atom is -0.477 e. The minimum atomic E-state index is -1.41. The second kappa shape index (κ2) is 8.50. The van der Waals surface area contributed by atoms with Crippen LogP contribution in [-0.4, -0.2) is 23.6 Å². The van der Waals surface area contributed by atoms with Gasteiger partial charge in [-0.05, 0) is 0 Å². The fourth-order valence-corrected chi connectivity index (χ4v) is 0.811. The van der Waals surface area contributed by atoms with Crippen LogP contribution < -0.4 is 0 Å². The van der Waals surface area contributed by atoms with Crippen molar-refractivity contribution in [1.29, 1.82) is 0 Å². The molecule has 0 unspecified atom stereocenters. The van der Waals surface area contributed by atoms with Gasteiger partial charge in [-0.2, -0.15) is 0 Å². The van der Waals surface area contributed by atoms with Gasteiger partial charge >= 0.3 is 5.97 Å². The maximum Gasteiger partial charge on any atom is 0.348 e. The quantitative estimate of drug-likeness (QED) is 0.679. The summed E-state index contributed by atoms with van der Waals surface area (Å²) < 4.78 is 0. The molecule has 1 aromatic carbocycles. The van der Waals surface area contributed by atoms with Crippen LogP contribution in [0, 0.1) is 0 Å². The van der Waals surface area contributed by atoms with Crippen LogP contribution in [0.2, 0.25) is 0 Å². The number of rotatable bonds is 3. The van der Waals surface area contributed by atoms with E-state index in [0.717, 1.165) is 11.8 Å². The van der Waals surface area contributed by atoms with E-state index in [0.29, 0.717) is 0 Å². The normalized spacial score (nSPS) is 10.5. The van der Waals surface area contributed by atoms with Crippen LogP contribution in [0.15, 0.2) is 40.4 Å². The number of aldehydes is 2. The fraction of sp³-hybridized carbons (Fsp3) is 0. The predicted molar refractivity (Wildman–Crippen MR) is 64.3 cm³/mol. The molecule has 0 aliphatic rings. The zero-order chi connectivity index (χ0) is 13.3. The maximum atomic E-state index is 10.0. The van der Waals surface area contributed by atoms with Crippen molar-refractivity contribution in [2.45, 2.75) is 0 Å². The van der Waals surface area contributed by atoms with Crippen molar-refractivity contribution in [3.8, 4) is 0 Å². The topological polar surface area (TPSA) is 71.4 Å². The van der Waals surface area contributed by atoms with Crippen molar-refractivity contribution in [2.24, 2.45) is 0 Å². The lowest BCUT2D eigenvalue weighted by atomic mass is 10.2. The van der Waals surface area contributed by atoms with E-state index < -0.39 is 16.0 Å². The molecule has 1 N–H and O–H groups in total. The molecule has 90 valence electrons. The molecule has 0 spiro atoms. The lowest BCUT2D eigenvalue weighted by Crippen LogP contribution is -1.96. The minimum absolute atomic E-state index is 0.165. The Balaban J connectivity index is 0.000000302. The summed E-state index contributed by atoms with van der Waals surface area (Å²) in [6, 6.07) is 9.10. The highest BCUT2D eigenvalue weighted by molar-refractivity contribution is 6.51. The molecule has 4 nitrogen and oxygen atoms in total. The number of halogens is 2. The standard InChI is InChI=1S/C7H6O.C4H2Cl2O3/c8-6-7-4-2-1-3-5-7;5-2(1-7)3(6)4(8)9/h1-6H;1H,(H,8,9)/b;3-2-. The first kappa shape index (κ1) is 15.4. The number of carbonyl (C=O) groups excluding carboxylic acids is 2. The molecule has 1 rings (SSSR count). The molecule has 0 aromatic heterocycles. The Hall–Kier alpha value is -1.65. The predicted octanol–water partition coefficient (Wildman–Crippen LogP) is 2.46. The second-order valence-electron chi connectivity index (χ2n) is 2.61. The van der Waals surface area contributed by atoms with E-state index in [1.165, 1.54) is 0 Å². The lowest BCUT2D eigenvalue weighted by Gasteiger charge is -1.86. The van der Waals surface area contributed by atoms with Crippen LogP contribution in [0.5, 0.6) is 0 Å². The Morgan fingerprint density at radius 3 is 1.88 bits per heavy atom. The average Bonchev–Trinajstić information content (AvgIpc) is 2.38. The zero-order valence-corrected chi connectivity index (χ0v) is 9.98. The van der Waals surface area contributed by atoms with E-state index in [-0.39, 0.29) is 6.29 Å². The second-order valence-corrected chi connectivity index (χ2v) is 3.40. The van der Waals surface area contributed by atoms with Gasteiger partial charge in [0.15, 0.2) is 6.29 Å². The summed E-state index contributed by atoms with van der Waals surface area (Å²) in [4.78, 5) is 29.6. The van der Waals surface area contributed by atoms with E-state index >= 15 is 0 Å². The number of aliphatic carboxylic acids is 1. The molecule has 0 heterocycles. The van der Waals surface area contributed by atoms with Gasteiger partial charge in [0, 0.05) is 5.56 Å². The van der Waals surface area contributed by atoms with Gasteiger partial charge in [0.1, 0.15) is 16.4 Å². The molecule has 0 aliphatic carbocycles. The van der Waals surface area contributed by atoms with E-state index in [9.17, 15) is 14.4 Å². The Morgan fingerprint density at radius 1 is 1.12 bits per heavy atom. The highest BCUT2D eigenvalue weighted by Crippen LogP contribution is 2.10. The summed E-state index contributed by atoms with van der Waals surface area (Å²) >= 11 is 9.99. The Labute approximate surface area is 107 Å². The fourth-order valence-electron chi connectivity index (χ4n) is 0.685. The first-order chi connectivity index (χ1) is 8.02. The van der Waals surface area contributed by atoms with Crippen molar-refractivity contribution >= 4 is 41.7 Å². The van der Waals surface area contributed by atoms with Gasteiger partial charge in [0.05, 0.1) is 0 Å². The monoisotopic (exact) mass is 274 g/mol. The van der Waals surface area contributed by atoms with E-state index in [1.54, 1.807) is 12.1 Å². The molecule has 0 bridgehead atoms. The number of carbonyl (C=O) groups is 3. The van der Waals surface area contributed by atoms with Gasteiger partial charge in [-0.15, -0.1) is 0 Å². The molecule has 0 amide bonds. The molecule has 0 saturated heterocycles. The number of allylic oxidation sites excluding steroid dienone is 1. The van der Waals surface area contributed by atoms with Crippen LogP contribution in [0.4, 0.5) is 0 Å². The third kappa shape index (κ3) is 6.50. The van der Waals surface area contributed by atoms with E-state index in [1.807, 2.05) is 18.2 Å². The van der Waals surface area contributed by atoms with Crippen LogP contribution in [0.1, 0.15) is 10.4 Å². The molecular formula is C11H8Cl2O4. The van der Waals surface area contributed by atoms with Crippen LogP contribution >= 0.6 is 23.2 Å². The molecule has 17 heavy (non-hydrogen) atoms. The molecule has 1 aromatic rings. The van der Waals surface area contributed by atoms with Gasteiger partial charge in [-0.3, -0.25) is 9.59 Å². The van der Waals surface area contributed by atoms with Crippen molar-refractivity contribution in [3.63, 3.8) is 0 Å². The first-order valence-corrected chi connectivity index (χ1v) is 5.02. The molecule has 6 heteroatoms. The third-order valence-corrected chi connectivity index (χ3v) is 2.18. The maximum absolute atomic E-state index is 10.0. The van der Waals surface area contributed by atoms with Crippen molar-refractivity contribution in [3.05, 3.63) is 46.0 Å². The molecule has 0 radical (unpaired) electrons. The highest BCUT2D eigenvalue weighted by atomic mass is 35.5. The smallest absolute Gasteiger partial charge is 0.348 e. The van der Waals surface area contributed by atoms with E-state index in [4.69, 9.17) is 28.3 Å². The number of hydrogen-bond acceptors (Lipinski definition) is 3. The summed E-state index contributed by atoms with van der Waals surface area (Å²) in [6.07, 6.45) is 0.998. The van der Waals surface area contributed by atoms with Crippen molar-refractivity contribution in [1.82, 2.24) is 0 Å². The van der Waals surface area contributed by atoms with Crippen molar-refractivity contribution in [2.75, 3.05) is 0 Å². The molecule has 0 saturated carbocycles. The van der Waals surface area contributed by atoms with Crippen LogP contribution in [-0.2, 0) is 9.59 Å². The first-order valence-electron chi connectivity index (χ1n) is 4.27. The van der Waals surface area contributed by atoms with Gasteiger partial charge in [0.2, 0.25) is 0 Å². The molecule has 0 atom stereocenters. The van der Waals surface area contributed by atoms with Gasteiger partial charge in [-0.1, -0.05) is 53.5 Å². The number of hydrogen-bond donors (Lipinski definition) is 1.